The van der Waals surface area contributed by atoms with E-state index in [0.717, 1.165) is 0 Å². The first-order valence-electron chi connectivity index (χ1n) is 5.90. The third kappa shape index (κ3) is 1.55. The Morgan fingerprint density at radius 2 is 1.47 bits per heavy atom. The molecule has 0 atom stereocenters. The molecular weight excluding hydrogens is 206 g/mol. The largest absolute Gasteiger partial charge is 0.316 e. The highest BCUT2D eigenvalue weighted by Crippen LogP contribution is 2.26. The molecule has 0 aliphatic heterocycles. The fourth-order valence-electron chi connectivity index (χ4n) is 2.38. The van der Waals surface area contributed by atoms with Gasteiger partial charge in [-0.3, -0.25) is 0 Å². The van der Waals surface area contributed by atoms with Crippen LogP contribution in [0.3, 0.4) is 0 Å². The predicted molar refractivity (Wildman–Crippen MR) is 72.7 cm³/mol. The van der Waals surface area contributed by atoms with E-state index in [1.807, 2.05) is 6.07 Å². The van der Waals surface area contributed by atoms with Gasteiger partial charge in [-0.2, -0.15) is 0 Å². The van der Waals surface area contributed by atoms with Crippen LogP contribution in [-0.2, 0) is 0 Å². The van der Waals surface area contributed by atoms with Crippen LogP contribution in [0.2, 0.25) is 0 Å². The number of hydrogen-bond acceptors (Lipinski definition) is 0. The van der Waals surface area contributed by atoms with Crippen LogP contribution in [0, 0.1) is 13.8 Å². The van der Waals surface area contributed by atoms with Gasteiger partial charge in [-0.1, -0.05) is 30.3 Å². The Kier molecular flexibility index (Phi) is 2.25. The van der Waals surface area contributed by atoms with Crippen LogP contribution in [0.1, 0.15) is 11.1 Å². The second-order valence-corrected chi connectivity index (χ2v) is 4.48. The molecule has 1 heterocycles. The summed E-state index contributed by atoms with van der Waals surface area (Å²) in [5, 5.41) is 1.34. The fraction of sp³-hybridized carbons (Fsp3) is 0.125. The van der Waals surface area contributed by atoms with Gasteiger partial charge in [0.25, 0.3) is 0 Å². The molecule has 1 nitrogen and oxygen atoms in total. The van der Waals surface area contributed by atoms with E-state index in [1.165, 1.54) is 27.7 Å². The van der Waals surface area contributed by atoms with Gasteiger partial charge >= 0.3 is 0 Å². The van der Waals surface area contributed by atoms with E-state index in [2.05, 4.69) is 67.1 Å². The van der Waals surface area contributed by atoms with E-state index in [9.17, 15) is 0 Å². The van der Waals surface area contributed by atoms with Crippen molar-refractivity contribution < 1.29 is 0 Å². The maximum absolute atomic E-state index is 2.26. The molecule has 1 heteroatoms. The Morgan fingerprint density at radius 3 is 2.24 bits per heavy atom. The van der Waals surface area contributed by atoms with Crippen LogP contribution >= 0.6 is 0 Å². The SMILES string of the molecule is Cc1ccc(C)c2c1ccn2-c1ccccc1. The minimum absolute atomic E-state index is 1.22. The Hall–Kier alpha value is -2.02. The lowest BCUT2D eigenvalue weighted by Crippen LogP contribution is -1.93. The molecule has 84 valence electrons. The third-order valence-electron chi connectivity index (χ3n) is 3.30. The zero-order valence-corrected chi connectivity index (χ0v) is 10.1. The van der Waals surface area contributed by atoms with Crippen molar-refractivity contribution in [2.24, 2.45) is 0 Å². The summed E-state index contributed by atoms with van der Waals surface area (Å²) in [5.41, 5.74) is 5.19. The van der Waals surface area contributed by atoms with E-state index in [4.69, 9.17) is 0 Å². The Labute approximate surface area is 101 Å². The summed E-state index contributed by atoms with van der Waals surface area (Å²) < 4.78 is 2.26. The van der Waals surface area contributed by atoms with Crippen molar-refractivity contribution in [1.29, 1.82) is 0 Å². The zero-order valence-electron chi connectivity index (χ0n) is 10.1. The smallest absolute Gasteiger partial charge is 0.0560 e. The molecule has 2 aromatic carbocycles. The summed E-state index contributed by atoms with van der Waals surface area (Å²) in [4.78, 5) is 0. The van der Waals surface area contributed by atoms with Crippen molar-refractivity contribution in [3.05, 3.63) is 65.9 Å². The number of para-hydroxylation sites is 1. The monoisotopic (exact) mass is 221 g/mol. The maximum atomic E-state index is 2.26. The minimum Gasteiger partial charge on any atom is -0.316 e. The van der Waals surface area contributed by atoms with E-state index in [1.54, 1.807) is 0 Å². The molecule has 0 saturated heterocycles. The molecule has 0 bridgehead atoms. The van der Waals surface area contributed by atoms with Gasteiger partial charge in [0.15, 0.2) is 0 Å². The molecule has 0 unspecified atom stereocenters. The summed E-state index contributed by atoms with van der Waals surface area (Å²) in [5.74, 6) is 0. The summed E-state index contributed by atoms with van der Waals surface area (Å²) in [6, 6.07) is 17.1. The average Bonchev–Trinajstić information content (AvgIpc) is 2.81. The van der Waals surface area contributed by atoms with Gasteiger partial charge in [0, 0.05) is 17.3 Å². The molecule has 0 aliphatic rings. The van der Waals surface area contributed by atoms with Gasteiger partial charge in [0.2, 0.25) is 0 Å². The number of benzene rings is 2. The maximum Gasteiger partial charge on any atom is 0.0560 e. The van der Waals surface area contributed by atoms with Gasteiger partial charge in [-0.05, 0) is 43.2 Å². The average molecular weight is 221 g/mol. The van der Waals surface area contributed by atoms with Crippen LogP contribution in [0.5, 0.6) is 0 Å². The number of aromatic nitrogens is 1. The quantitative estimate of drug-likeness (QED) is 0.579. The molecule has 1 aromatic heterocycles. The molecule has 0 amide bonds. The topological polar surface area (TPSA) is 4.93 Å². The third-order valence-corrected chi connectivity index (χ3v) is 3.30. The molecule has 0 spiro atoms. The van der Waals surface area contributed by atoms with Gasteiger partial charge in [-0.15, -0.1) is 0 Å². The fourth-order valence-corrected chi connectivity index (χ4v) is 2.38. The van der Waals surface area contributed by atoms with Crippen molar-refractivity contribution in [2.75, 3.05) is 0 Å². The first kappa shape index (κ1) is 10.2. The number of nitrogens with zero attached hydrogens (tertiary/aromatic N) is 1. The number of aryl methyl sites for hydroxylation is 2. The van der Waals surface area contributed by atoms with Gasteiger partial charge in [0.1, 0.15) is 0 Å². The highest BCUT2D eigenvalue weighted by atomic mass is 15.0. The Morgan fingerprint density at radius 1 is 0.765 bits per heavy atom. The molecule has 17 heavy (non-hydrogen) atoms. The number of rotatable bonds is 1. The number of fused-ring (bicyclic) bond motifs is 1. The first-order valence-corrected chi connectivity index (χ1v) is 5.90. The summed E-state index contributed by atoms with van der Waals surface area (Å²) in [7, 11) is 0. The van der Waals surface area contributed by atoms with E-state index >= 15 is 0 Å². The molecule has 3 rings (SSSR count). The lowest BCUT2D eigenvalue weighted by atomic mass is 10.1. The molecule has 3 aromatic rings. The lowest BCUT2D eigenvalue weighted by Gasteiger charge is -2.08. The van der Waals surface area contributed by atoms with Gasteiger partial charge < -0.3 is 4.57 Å². The molecule has 0 saturated carbocycles. The molecule has 0 radical (unpaired) electrons. The standard InChI is InChI=1S/C16H15N/c1-12-8-9-13(2)16-15(12)10-11-17(16)14-6-4-3-5-7-14/h3-11H,1-2H3. The van der Waals surface area contributed by atoms with Crippen molar-refractivity contribution >= 4 is 10.9 Å². The van der Waals surface area contributed by atoms with Crippen molar-refractivity contribution in [2.45, 2.75) is 13.8 Å². The normalized spacial score (nSPS) is 10.9. The molecule has 0 fully saturated rings. The van der Waals surface area contributed by atoms with Crippen LogP contribution < -0.4 is 0 Å². The van der Waals surface area contributed by atoms with Gasteiger partial charge in [-0.25, -0.2) is 0 Å². The Balaban J connectivity index is 2.36. The minimum atomic E-state index is 1.22. The van der Waals surface area contributed by atoms with E-state index in [0.29, 0.717) is 0 Å². The van der Waals surface area contributed by atoms with Crippen molar-refractivity contribution in [1.82, 2.24) is 4.57 Å². The van der Waals surface area contributed by atoms with Crippen LogP contribution in [0.25, 0.3) is 16.6 Å². The second-order valence-electron chi connectivity index (χ2n) is 4.48. The van der Waals surface area contributed by atoms with Crippen molar-refractivity contribution in [3.63, 3.8) is 0 Å². The van der Waals surface area contributed by atoms with Crippen LogP contribution in [0.4, 0.5) is 0 Å². The highest BCUT2D eigenvalue weighted by Gasteiger charge is 2.07. The van der Waals surface area contributed by atoms with Crippen LogP contribution in [0.15, 0.2) is 54.7 Å². The highest BCUT2D eigenvalue weighted by molar-refractivity contribution is 5.87. The summed E-state index contributed by atoms with van der Waals surface area (Å²) in [6.07, 6.45) is 2.15. The second kappa shape index (κ2) is 3.77. The lowest BCUT2D eigenvalue weighted by molar-refractivity contribution is 1.12. The van der Waals surface area contributed by atoms with E-state index in [-0.39, 0.29) is 0 Å². The van der Waals surface area contributed by atoms with Gasteiger partial charge in [0.05, 0.1) is 5.52 Å². The molecule has 0 aliphatic carbocycles. The summed E-state index contributed by atoms with van der Waals surface area (Å²) in [6.45, 7) is 4.33. The summed E-state index contributed by atoms with van der Waals surface area (Å²) >= 11 is 0. The van der Waals surface area contributed by atoms with Crippen molar-refractivity contribution in [3.8, 4) is 5.69 Å². The first-order chi connectivity index (χ1) is 8.27. The van der Waals surface area contributed by atoms with Crippen LogP contribution in [-0.4, -0.2) is 4.57 Å². The number of hydrogen-bond donors (Lipinski definition) is 0. The molecule has 0 N–H and O–H groups in total. The zero-order chi connectivity index (χ0) is 11.8. The predicted octanol–water partition coefficient (Wildman–Crippen LogP) is 4.25. The molecular formula is C16H15N. The Bertz CT molecular complexity index is 663. The van der Waals surface area contributed by atoms with E-state index < -0.39 is 0 Å².